The lowest BCUT2D eigenvalue weighted by Crippen LogP contribution is -2.30. The van der Waals surface area contributed by atoms with E-state index in [9.17, 15) is 13.2 Å². The van der Waals surface area contributed by atoms with Crippen LogP contribution >= 0.6 is 11.3 Å². The number of hydrogen-bond acceptors (Lipinski definition) is 7. The predicted octanol–water partition coefficient (Wildman–Crippen LogP) is 4.88. The summed E-state index contributed by atoms with van der Waals surface area (Å²) in [5, 5.41) is 0.543. The maximum Gasteiger partial charge on any atom is 0.229 e. The van der Waals surface area contributed by atoms with Gasteiger partial charge in [0.1, 0.15) is 11.3 Å². The number of pyridine rings is 1. The number of fused-ring (bicyclic) bond motifs is 1. The Bertz CT molecular complexity index is 1360. The molecule has 0 atom stereocenters. The first-order valence-corrected chi connectivity index (χ1v) is 13.4. The lowest BCUT2D eigenvalue weighted by molar-refractivity contribution is -0.118. The Morgan fingerprint density at radius 3 is 2.62 bits per heavy atom. The normalized spacial score (nSPS) is 11.4. The van der Waals surface area contributed by atoms with E-state index in [-0.39, 0.29) is 29.4 Å². The largest absolute Gasteiger partial charge is 0.492 e. The van der Waals surface area contributed by atoms with Crippen molar-refractivity contribution in [2.24, 2.45) is 0 Å². The molecule has 2 aromatic carbocycles. The van der Waals surface area contributed by atoms with E-state index in [1.807, 2.05) is 37.3 Å². The van der Waals surface area contributed by atoms with Crippen molar-refractivity contribution in [3.05, 3.63) is 78.6 Å². The van der Waals surface area contributed by atoms with Crippen molar-refractivity contribution in [3.63, 3.8) is 0 Å². The Balaban J connectivity index is 1.56. The van der Waals surface area contributed by atoms with E-state index in [0.717, 1.165) is 10.3 Å². The molecule has 0 N–H and O–H groups in total. The second-order valence-electron chi connectivity index (χ2n) is 7.61. The predicted molar refractivity (Wildman–Crippen MR) is 134 cm³/mol. The van der Waals surface area contributed by atoms with Crippen LogP contribution in [0.2, 0.25) is 0 Å². The fourth-order valence-corrected chi connectivity index (χ4v) is 5.86. The van der Waals surface area contributed by atoms with Crippen LogP contribution in [0.5, 0.6) is 5.75 Å². The minimum absolute atomic E-state index is 0.0839. The van der Waals surface area contributed by atoms with Gasteiger partial charge in [0.2, 0.25) is 5.91 Å². The number of anilines is 1. The maximum absolute atomic E-state index is 13.3. The molecule has 0 bridgehead atoms. The molecule has 1 amide bonds. The molecule has 7 nitrogen and oxygen atoms in total. The summed E-state index contributed by atoms with van der Waals surface area (Å²) < 4.78 is 31.8. The van der Waals surface area contributed by atoms with Crippen molar-refractivity contribution in [2.75, 3.05) is 17.3 Å². The zero-order valence-electron chi connectivity index (χ0n) is 18.8. The van der Waals surface area contributed by atoms with Gasteiger partial charge in [0.15, 0.2) is 15.0 Å². The first-order valence-electron chi connectivity index (χ1n) is 11.0. The molecule has 34 heavy (non-hydrogen) atoms. The molecule has 0 saturated carbocycles. The van der Waals surface area contributed by atoms with Gasteiger partial charge in [-0.05, 0) is 49.2 Å². The van der Waals surface area contributed by atoms with Gasteiger partial charge in [0.05, 0.1) is 28.5 Å². The molecule has 0 aliphatic carbocycles. The average molecular weight is 496 g/mol. The van der Waals surface area contributed by atoms with Crippen LogP contribution in [0.4, 0.5) is 5.13 Å². The summed E-state index contributed by atoms with van der Waals surface area (Å²) in [5.41, 5.74) is 1.57. The summed E-state index contributed by atoms with van der Waals surface area (Å²) >= 11 is 1.40. The van der Waals surface area contributed by atoms with Crippen LogP contribution < -0.4 is 9.64 Å². The van der Waals surface area contributed by atoms with Crippen LogP contribution in [0.25, 0.3) is 10.2 Å². The van der Waals surface area contributed by atoms with Gasteiger partial charge >= 0.3 is 0 Å². The summed E-state index contributed by atoms with van der Waals surface area (Å²) in [4.78, 5) is 24.0. The minimum atomic E-state index is -3.45. The van der Waals surface area contributed by atoms with Gasteiger partial charge in [-0.15, -0.1) is 0 Å². The van der Waals surface area contributed by atoms with Gasteiger partial charge in [0, 0.05) is 18.8 Å². The number of carbonyl (C=O) groups excluding carboxylic acids is 1. The van der Waals surface area contributed by atoms with Gasteiger partial charge in [-0.3, -0.25) is 14.7 Å². The van der Waals surface area contributed by atoms with Crippen LogP contribution in [0.3, 0.4) is 0 Å². The van der Waals surface area contributed by atoms with Crippen LogP contribution in [0.15, 0.2) is 78.0 Å². The molecule has 0 saturated heterocycles. The molecule has 0 aliphatic rings. The smallest absolute Gasteiger partial charge is 0.229 e. The monoisotopic (exact) mass is 495 g/mol. The lowest BCUT2D eigenvalue weighted by atomic mass is 10.2. The number of carbonyl (C=O) groups is 1. The highest BCUT2D eigenvalue weighted by Gasteiger charge is 2.22. The van der Waals surface area contributed by atoms with Crippen LogP contribution in [0, 0.1) is 0 Å². The third-order valence-electron chi connectivity index (χ3n) is 5.17. The minimum Gasteiger partial charge on any atom is -0.492 e. The molecule has 0 aliphatic heterocycles. The Labute approximate surface area is 203 Å². The van der Waals surface area contributed by atoms with Crippen molar-refractivity contribution in [1.29, 1.82) is 0 Å². The number of nitrogens with zero attached hydrogens (tertiary/aromatic N) is 3. The van der Waals surface area contributed by atoms with Crippen molar-refractivity contribution >= 4 is 42.4 Å². The fraction of sp³-hybridized carbons (Fsp3) is 0.240. The van der Waals surface area contributed by atoms with Crippen molar-refractivity contribution < 1.29 is 17.9 Å². The summed E-state index contributed by atoms with van der Waals surface area (Å²) in [6, 6.07) is 17.7. The van der Waals surface area contributed by atoms with E-state index < -0.39 is 9.84 Å². The second-order valence-corrected chi connectivity index (χ2v) is 10.7. The third kappa shape index (κ3) is 5.60. The highest BCUT2D eigenvalue weighted by atomic mass is 32.2. The number of hydrogen-bond donors (Lipinski definition) is 0. The SMILES string of the molecule is CCOc1cccc2sc(N(Cc3cccnc3)C(=O)CCCS(=O)(=O)c3ccccc3)nc12. The standard InChI is InChI=1S/C25H25N3O4S2/c1-2-32-21-12-6-13-22-24(21)27-25(33-22)28(18-19-9-7-15-26-17-19)23(29)14-8-16-34(30,31)20-10-4-3-5-11-20/h3-7,9-13,15,17H,2,8,14,16,18H2,1H3. The molecule has 0 fully saturated rings. The van der Waals surface area contributed by atoms with E-state index in [1.165, 1.54) is 11.3 Å². The van der Waals surface area contributed by atoms with Crippen molar-refractivity contribution in [2.45, 2.75) is 31.2 Å². The summed E-state index contributed by atoms with van der Waals surface area (Å²) in [5.74, 6) is 0.382. The molecular formula is C25H25N3O4S2. The van der Waals surface area contributed by atoms with Crippen LogP contribution in [-0.2, 0) is 21.2 Å². The molecule has 0 spiro atoms. The molecular weight excluding hydrogens is 470 g/mol. The molecule has 4 aromatic rings. The van der Waals surface area contributed by atoms with Gasteiger partial charge in [0.25, 0.3) is 0 Å². The second kappa shape index (κ2) is 10.8. The lowest BCUT2D eigenvalue weighted by Gasteiger charge is -2.20. The quantitative estimate of drug-likeness (QED) is 0.312. The number of rotatable bonds is 10. The highest BCUT2D eigenvalue weighted by molar-refractivity contribution is 7.91. The molecule has 176 valence electrons. The topological polar surface area (TPSA) is 89.5 Å². The fourth-order valence-electron chi connectivity index (χ4n) is 3.53. The highest BCUT2D eigenvalue weighted by Crippen LogP contribution is 2.35. The first-order chi connectivity index (χ1) is 16.5. The molecule has 2 heterocycles. The van der Waals surface area contributed by atoms with E-state index in [2.05, 4.69) is 4.98 Å². The van der Waals surface area contributed by atoms with Crippen LogP contribution in [-0.4, -0.2) is 36.7 Å². The number of aromatic nitrogens is 2. The summed E-state index contributed by atoms with van der Waals surface area (Å²) in [6.07, 6.45) is 3.69. The van der Waals surface area contributed by atoms with Crippen molar-refractivity contribution in [3.8, 4) is 5.75 Å². The Morgan fingerprint density at radius 1 is 1.06 bits per heavy atom. The molecule has 2 aromatic heterocycles. The van der Waals surface area contributed by atoms with Gasteiger partial charge < -0.3 is 4.74 Å². The maximum atomic E-state index is 13.3. The summed E-state index contributed by atoms with van der Waals surface area (Å²) in [6.45, 7) is 2.72. The molecule has 0 unspecified atom stereocenters. The zero-order chi connectivity index (χ0) is 24.0. The van der Waals surface area contributed by atoms with Gasteiger partial charge in [-0.1, -0.05) is 41.7 Å². The molecule has 4 rings (SSSR count). The third-order valence-corrected chi connectivity index (χ3v) is 8.03. The zero-order valence-corrected chi connectivity index (χ0v) is 20.4. The molecule has 9 heteroatoms. The Morgan fingerprint density at radius 2 is 1.88 bits per heavy atom. The van der Waals surface area contributed by atoms with Gasteiger partial charge in [-0.25, -0.2) is 13.4 Å². The number of para-hydroxylation sites is 1. The molecule has 0 radical (unpaired) electrons. The summed E-state index contributed by atoms with van der Waals surface area (Å²) in [7, 11) is -3.45. The number of sulfone groups is 1. The number of ether oxygens (including phenoxy) is 1. The number of benzene rings is 2. The van der Waals surface area contributed by atoms with Gasteiger partial charge in [-0.2, -0.15) is 0 Å². The first kappa shape index (κ1) is 23.8. The Hall–Kier alpha value is -3.30. The van der Waals surface area contributed by atoms with E-state index in [1.54, 1.807) is 47.6 Å². The number of amides is 1. The Kier molecular flexibility index (Phi) is 7.54. The van der Waals surface area contributed by atoms with E-state index in [4.69, 9.17) is 9.72 Å². The van der Waals surface area contributed by atoms with Crippen molar-refractivity contribution in [1.82, 2.24) is 9.97 Å². The van der Waals surface area contributed by atoms with E-state index in [0.29, 0.717) is 29.5 Å². The average Bonchev–Trinajstić information content (AvgIpc) is 3.29. The number of thiazole rings is 1. The van der Waals surface area contributed by atoms with E-state index >= 15 is 0 Å². The van der Waals surface area contributed by atoms with Crippen LogP contribution in [0.1, 0.15) is 25.3 Å².